The van der Waals surface area contributed by atoms with Crippen molar-refractivity contribution >= 4 is 39.4 Å². The van der Waals surface area contributed by atoms with Crippen molar-refractivity contribution in [1.82, 2.24) is 19.4 Å². The van der Waals surface area contributed by atoms with Crippen molar-refractivity contribution in [3.63, 3.8) is 0 Å². The summed E-state index contributed by atoms with van der Waals surface area (Å²) in [5.74, 6) is 0.969. The highest BCUT2D eigenvalue weighted by Crippen LogP contribution is 2.19. The predicted octanol–water partition coefficient (Wildman–Crippen LogP) is 3.46. The first-order valence-corrected chi connectivity index (χ1v) is 8.88. The smallest absolute Gasteiger partial charge is 0.267 e. The van der Waals surface area contributed by atoms with E-state index in [0.717, 1.165) is 17.1 Å². The molecule has 24 heavy (non-hydrogen) atoms. The molecule has 3 aromatic heterocycles. The van der Waals surface area contributed by atoms with E-state index in [1.165, 1.54) is 16.0 Å². The second-order valence-electron chi connectivity index (χ2n) is 6.03. The molecule has 3 rings (SSSR count). The molecule has 3 heterocycles. The number of aromatic nitrogens is 4. The molecule has 0 spiro atoms. The number of nitrogens with zero attached hydrogens (tertiary/aromatic N) is 5. The third-order valence-electron chi connectivity index (χ3n) is 3.59. The molecule has 0 atom stereocenters. The second-order valence-corrected chi connectivity index (χ2v) is 7.28. The molecule has 0 aliphatic heterocycles. The molecule has 0 amide bonds. The van der Waals surface area contributed by atoms with Gasteiger partial charge < -0.3 is 0 Å². The van der Waals surface area contributed by atoms with E-state index in [4.69, 9.17) is 11.6 Å². The Morgan fingerprint density at radius 1 is 1.42 bits per heavy atom. The van der Waals surface area contributed by atoms with Crippen LogP contribution in [0.4, 0.5) is 0 Å². The van der Waals surface area contributed by atoms with E-state index < -0.39 is 0 Å². The Bertz CT molecular complexity index is 982. The maximum atomic E-state index is 12.5. The summed E-state index contributed by atoms with van der Waals surface area (Å²) in [6.07, 6.45) is 1.58. The molecular weight excluding hydrogens is 346 g/mol. The summed E-state index contributed by atoms with van der Waals surface area (Å²) < 4.78 is 3.06. The van der Waals surface area contributed by atoms with Crippen LogP contribution in [0.3, 0.4) is 0 Å². The molecule has 126 valence electrons. The largest absolute Gasteiger partial charge is 0.282 e. The zero-order valence-corrected chi connectivity index (χ0v) is 15.5. The summed E-state index contributed by atoms with van der Waals surface area (Å²) in [5.41, 5.74) is 1.31. The topological polar surface area (TPSA) is 65.1 Å². The summed E-state index contributed by atoms with van der Waals surface area (Å²) >= 11 is 7.85. The maximum Gasteiger partial charge on any atom is 0.282 e. The van der Waals surface area contributed by atoms with Crippen molar-refractivity contribution in [2.75, 3.05) is 0 Å². The van der Waals surface area contributed by atoms with E-state index in [1.54, 1.807) is 23.9 Å². The number of fused-ring (bicyclic) bond motifs is 1. The standard InChI is InChI=1S/C16H18ClN5OS/c1-9(2)8-21-14(17)13(10(3)20-21)7-18-22-11(4)19-15-12(16(22)23)5-6-24-15/h5-7,9H,8H2,1-4H3. The van der Waals surface area contributed by atoms with Gasteiger partial charge >= 0.3 is 0 Å². The molecule has 0 radical (unpaired) electrons. The first-order valence-electron chi connectivity index (χ1n) is 7.62. The second kappa shape index (κ2) is 6.49. The van der Waals surface area contributed by atoms with Crippen LogP contribution in [-0.4, -0.2) is 25.7 Å². The van der Waals surface area contributed by atoms with Gasteiger partial charge in [0, 0.05) is 6.54 Å². The highest BCUT2D eigenvalue weighted by molar-refractivity contribution is 7.16. The SMILES string of the molecule is Cc1nn(CC(C)C)c(Cl)c1C=Nn1c(C)nc2sccc2c1=O. The van der Waals surface area contributed by atoms with Gasteiger partial charge in [-0.2, -0.15) is 14.9 Å². The molecule has 0 fully saturated rings. The fourth-order valence-electron chi connectivity index (χ4n) is 2.44. The normalized spacial score (nSPS) is 12.1. The predicted molar refractivity (Wildman–Crippen MR) is 98.4 cm³/mol. The lowest BCUT2D eigenvalue weighted by molar-refractivity contribution is 0.482. The number of aryl methyl sites for hydroxylation is 2. The van der Waals surface area contributed by atoms with Crippen LogP contribution in [0, 0.1) is 19.8 Å². The minimum atomic E-state index is -0.182. The lowest BCUT2D eigenvalue weighted by Gasteiger charge is -2.05. The Hall–Kier alpha value is -1.99. The van der Waals surface area contributed by atoms with Crippen molar-refractivity contribution in [3.8, 4) is 0 Å². The summed E-state index contributed by atoms with van der Waals surface area (Å²) in [5, 5.41) is 11.7. The molecule has 8 heteroatoms. The molecule has 0 aromatic carbocycles. The van der Waals surface area contributed by atoms with E-state index in [1.807, 2.05) is 12.3 Å². The number of halogens is 1. The quantitative estimate of drug-likeness (QED) is 0.667. The molecule has 0 saturated carbocycles. The Morgan fingerprint density at radius 3 is 2.88 bits per heavy atom. The third-order valence-corrected chi connectivity index (χ3v) is 4.79. The van der Waals surface area contributed by atoms with E-state index >= 15 is 0 Å². The average Bonchev–Trinajstić information content (AvgIpc) is 3.06. The van der Waals surface area contributed by atoms with Crippen LogP contribution < -0.4 is 5.56 Å². The number of hydrogen-bond donors (Lipinski definition) is 0. The fraction of sp³-hybridized carbons (Fsp3) is 0.375. The van der Waals surface area contributed by atoms with E-state index in [-0.39, 0.29) is 5.56 Å². The maximum absolute atomic E-state index is 12.5. The Balaban J connectivity index is 2.03. The fourth-order valence-corrected chi connectivity index (χ4v) is 3.53. The van der Waals surface area contributed by atoms with Gasteiger partial charge in [0.15, 0.2) is 0 Å². The Morgan fingerprint density at radius 2 is 2.17 bits per heavy atom. The van der Waals surface area contributed by atoms with Gasteiger partial charge in [0.05, 0.1) is 22.9 Å². The highest BCUT2D eigenvalue weighted by Gasteiger charge is 2.13. The van der Waals surface area contributed by atoms with Gasteiger partial charge in [-0.15, -0.1) is 11.3 Å². The highest BCUT2D eigenvalue weighted by atomic mass is 35.5. The number of rotatable bonds is 4. The summed E-state index contributed by atoms with van der Waals surface area (Å²) in [7, 11) is 0. The molecule has 0 saturated heterocycles. The molecule has 0 N–H and O–H groups in total. The lowest BCUT2D eigenvalue weighted by Crippen LogP contribution is -2.19. The lowest BCUT2D eigenvalue weighted by atomic mass is 10.2. The molecule has 0 aliphatic carbocycles. The van der Waals surface area contributed by atoms with Gasteiger partial charge in [-0.05, 0) is 31.2 Å². The van der Waals surface area contributed by atoms with Gasteiger partial charge in [-0.25, -0.2) is 4.98 Å². The van der Waals surface area contributed by atoms with Crippen LogP contribution in [0.15, 0.2) is 21.3 Å². The number of hydrogen-bond acceptors (Lipinski definition) is 5. The zero-order chi connectivity index (χ0) is 17.4. The average molecular weight is 364 g/mol. The Kier molecular flexibility index (Phi) is 4.56. The van der Waals surface area contributed by atoms with Gasteiger partial charge in [0.2, 0.25) is 0 Å². The molecule has 0 unspecified atom stereocenters. The van der Waals surface area contributed by atoms with Crippen molar-refractivity contribution in [2.24, 2.45) is 11.0 Å². The third kappa shape index (κ3) is 3.01. The first kappa shape index (κ1) is 16.9. The molecule has 3 aromatic rings. The van der Waals surface area contributed by atoms with Crippen LogP contribution in [-0.2, 0) is 6.54 Å². The van der Waals surface area contributed by atoms with Gasteiger partial charge in [-0.1, -0.05) is 25.4 Å². The summed E-state index contributed by atoms with van der Waals surface area (Å²) in [4.78, 5) is 17.7. The van der Waals surface area contributed by atoms with Crippen molar-refractivity contribution in [2.45, 2.75) is 34.2 Å². The van der Waals surface area contributed by atoms with Crippen LogP contribution in [0.2, 0.25) is 5.15 Å². The van der Waals surface area contributed by atoms with E-state index in [9.17, 15) is 4.79 Å². The number of thiophene rings is 1. The van der Waals surface area contributed by atoms with Gasteiger partial charge in [0.1, 0.15) is 15.8 Å². The monoisotopic (exact) mass is 363 g/mol. The minimum absolute atomic E-state index is 0.182. The minimum Gasteiger partial charge on any atom is -0.267 e. The van der Waals surface area contributed by atoms with Crippen LogP contribution in [0.1, 0.15) is 30.9 Å². The molecule has 0 aliphatic rings. The summed E-state index contributed by atoms with van der Waals surface area (Å²) in [6.45, 7) is 8.57. The van der Waals surface area contributed by atoms with Gasteiger partial charge in [-0.3, -0.25) is 9.48 Å². The van der Waals surface area contributed by atoms with E-state index in [0.29, 0.717) is 27.8 Å². The van der Waals surface area contributed by atoms with E-state index in [2.05, 4.69) is 29.0 Å². The van der Waals surface area contributed by atoms with Crippen molar-refractivity contribution in [3.05, 3.63) is 44.0 Å². The molecular formula is C16H18ClN5OS. The summed E-state index contributed by atoms with van der Waals surface area (Å²) in [6, 6.07) is 1.76. The Labute approximate surface area is 148 Å². The zero-order valence-electron chi connectivity index (χ0n) is 13.9. The first-order chi connectivity index (χ1) is 11.4. The van der Waals surface area contributed by atoms with Crippen LogP contribution in [0.25, 0.3) is 10.2 Å². The molecule has 6 nitrogen and oxygen atoms in total. The van der Waals surface area contributed by atoms with Crippen LogP contribution >= 0.6 is 22.9 Å². The van der Waals surface area contributed by atoms with Crippen LogP contribution in [0.5, 0.6) is 0 Å². The van der Waals surface area contributed by atoms with Crippen molar-refractivity contribution in [1.29, 1.82) is 0 Å². The van der Waals surface area contributed by atoms with Gasteiger partial charge in [0.25, 0.3) is 5.56 Å². The molecule has 0 bridgehead atoms. The van der Waals surface area contributed by atoms with Crippen molar-refractivity contribution < 1.29 is 0 Å².